The fraction of sp³-hybridized carbons (Fsp3) is 0.341. The van der Waals surface area contributed by atoms with E-state index >= 15 is 0 Å². The molecule has 268 valence electrons. The van der Waals surface area contributed by atoms with Gasteiger partial charge in [0, 0.05) is 79.8 Å². The van der Waals surface area contributed by atoms with Crippen LogP contribution in [0.5, 0.6) is 11.5 Å². The van der Waals surface area contributed by atoms with Crippen LogP contribution in [0.2, 0.25) is 0 Å². The number of rotatable bonds is 5. The minimum atomic E-state index is -1.40. The molecule has 4 aliphatic rings. The van der Waals surface area contributed by atoms with Crippen molar-refractivity contribution in [1.82, 2.24) is 0 Å². The molecule has 0 saturated heterocycles. The fourth-order valence-electron chi connectivity index (χ4n) is 8.73. The van der Waals surface area contributed by atoms with Gasteiger partial charge < -0.3 is 34.6 Å². The molecule has 10 nitrogen and oxygen atoms in total. The quantitative estimate of drug-likeness (QED) is 0.188. The Labute approximate surface area is 304 Å². The van der Waals surface area contributed by atoms with Gasteiger partial charge in [0.25, 0.3) is 0 Å². The van der Waals surface area contributed by atoms with Crippen molar-refractivity contribution in [3.05, 3.63) is 115 Å². The van der Waals surface area contributed by atoms with Crippen LogP contribution in [0.1, 0.15) is 138 Å². The van der Waals surface area contributed by atoms with E-state index in [4.69, 9.17) is 14.2 Å². The number of Topliss-reactive ketones (excluding diaryl/α,β-unsaturated/α-hetero) is 2. The first-order valence-electron chi connectivity index (χ1n) is 17.2. The topological polar surface area (TPSA) is 160 Å². The molecule has 0 unspecified atom stereocenters. The van der Waals surface area contributed by atoms with Gasteiger partial charge in [-0.25, -0.2) is 0 Å². The highest BCUT2D eigenvalue weighted by atomic mass is 32.2. The van der Waals surface area contributed by atoms with Crippen molar-refractivity contribution in [2.75, 3.05) is 21.3 Å². The summed E-state index contributed by atoms with van der Waals surface area (Å²) in [5, 5.41) is 47.4. The minimum Gasteiger partial charge on any atom is -0.496 e. The maximum atomic E-state index is 14.5. The molecule has 7 atom stereocenters. The summed E-state index contributed by atoms with van der Waals surface area (Å²) in [5.41, 5.74) is 3.46. The molecule has 4 N–H and O–H groups in total. The number of ether oxygens (including phenoxy) is 3. The Hall–Kier alpha value is -4.36. The van der Waals surface area contributed by atoms with Crippen LogP contribution in [-0.2, 0) is 4.74 Å². The van der Waals surface area contributed by atoms with E-state index in [-0.39, 0.29) is 63.4 Å². The molecular weight excluding hydrogens is 685 g/mol. The number of hydrogen-bond donors (Lipinski definition) is 4. The monoisotopic (exact) mass is 722 g/mol. The Morgan fingerprint density at radius 1 is 0.615 bits per heavy atom. The van der Waals surface area contributed by atoms with Crippen molar-refractivity contribution in [3.8, 4) is 11.5 Å². The molecule has 0 aromatic heterocycles. The highest BCUT2D eigenvalue weighted by molar-refractivity contribution is 7.99. The lowest BCUT2D eigenvalue weighted by molar-refractivity contribution is 0.0731. The van der Waals surface area contributed by atoms with E-state index in [1.165, 1.54) is 21.3 Å². The van der Waals surface area contributed by atoms with Crippen LogP contribution in [0.3, 0.4) is 0 Å². The Kier molecular flexibility index (Phi) is 8.44. The summed E-state index contributed by atoms with van der Waals surface area (Å²) >= 11 is 1.14. The molecule has 4 aliphatic carbocycles. The average molecular weight is 723 g/mol. The third-order valence-electron chi connectivity index (χ3n) is 11.2. The Morgan fingerprint density at radius 2 is 1.17 bits per heavy atom. The first kappa shape index (κ1) is 34.7. The van der Waals surface area contributed by atoms with Gasteiger partial charge in [-0.15, -0.1) is 0 Å². The number of methoxy groups -OCH3 is 3. The lowest BCUT2D eigenvalue weighted by Gasteiger charge is -2.38. The zero-order chi connectivity index (χ0) is 36.9. The summed E-state index contributed by atoms with van der Waals surface area (Å²) in [4.78, 5) is 42.9. The van der Waals surface area contributed by atoms with E-state index < -0.39 is 48.1 Å². The zero-order valence-electron chi connectivity index (χ0n) is 29.2. The number of aliphatic hydroxyl groups is 4. The Balaban J connectivity index is 1.44. The van der Waals surface area contributed by atoms with Crippen molar-refractivity contribution >= 4 is 29.1 Å². The van der Waals surface area contributed by atoms with Crippen LogP contribution >= 0.6 is 11.8 Å². The molecule has 0 aliphatic heterocycles. The fourth-order valence-corrected chi connectivity index (χ4v) is 9.99. The number of benzene rings is 4. The van der Waals surface area contributed by atoms with E-state index in [9.17, 15) is 34.8 Å². The normalized spacial score (nSPS) is 25.7. The average Bonchev–Trinajstić information content (AvgIpc) is 3.14. The molecule has 4 aromatic rings. The standard InChI is InChI=1S/C41H38O10S/c1-16-12-22(42)28-20(36(16)44)14-26(32-34(28)38(46)18-8-6-10-24(49-3)30(18)40(32)48)52-27-15-21-29(23(43)13-17(2)37(21)45)35-33(27)41(51-5)31-19(39(35)47)9-7-11-25(31)50-4/h6-11,14-17,36-37,39-41,44-45,47-48H,12-13H2,1-5H3/t16-,17-,36+,37+,39+,40+,41-/m1/s1. The van der Waals surface area contributed by atoms with E-state index in [1.807, 2.05) is 0 Å². The molecule has 0 heterocycles. The summed E-state index contributed by atoms with van der Waals surface area (Å²) in [5.74, 6) is -1.06. The van der Waals surface area contributed by atoms with Crippen molar-refractivity contribution in [2.24, 2.45) is 11.8 Å². The predicted molar refractivity (Wildman–Crippen MR) is 190 cm³/mol. The summed E-state index contributed by atoms with van der Waals surface area (Å²) in [6, 6.07) is 13.5. The molecule has 8 rings (SSSR count). The first-order valence-corrected chi connectivity index (χ1v) is 18.0. The summed E-state index contributed by atoms with van der Waals surface area (Å²) in [6.45, 7) is 3.56. The second kappa shape index (κ2) is 12.6. The number of aliphatic hydroxyl groups excluding tert-OH is 4. The van der Waals surface area contributed by atoms with Gasteiger partial charge in [0.15, 0.2) is 17.3 Å². The summed E-state index contributed by atoms with van der Waals surface area (Å²) < 4.78 is 17.5. The Bertz CT molecular complexity index is 2230. The second-order valence-electron chi connectivity index (χ2n) is 14.1. The maximum absolute atomic E-state index is 14.5. The number of carbonyl (C=O) groups is 3. The van der Waals surface area contributed by atoms with Gasteiger partial charge in [-0.3, -0.25) is 14.4 Å². The van der Waals surface area contributed by atoms with Crippen LogP contribution in [0, 0.1) is 11.8 Å². The van der Waals surface area contributed by atoms with Gasteiger partial charge in [-0.05, 0) is 52.8 Å². The van der Waals surface area contributed by atoms with Gasteiger partial charge in [-0.2, -0.15) is 0 Å². The third-order valence-corrected chi connectivity index (χ3v) is 12.3. The van der Waals surface area contributed by atoms with Crippen molar-refractivity contribution in [1.29, 1.82) is 0 Å². The van der Waals surface area contributed by atoms with Crippen LogP contribution in [-0.4, -0.2) is 59.1 Å². The van der Waals surface area contributed by atoms with Gasteiger partial charge in [0.05, 0.1) is 26.4 Å². The summed E-state index contributed by atoms with van der Waals surface area (Å²) in [6.07, 6.45) is -5.52. The third kappa shape index (κ3) is 4.80. The predicted octanol–water partition coefficient (Wildman–Crippen LogP) is 6.12. The molecular formula is C41H38O10S. The largest absolute Gasteiger partial charge is 0.496 e. The van der Waals surface area contributed by atoms with E-state index in [2.05, 4.69) is 0 Å². The van der Waals surface area contributed by atoms with Gasteiger partial charge in [0.1, 0.15) is 29.8 Å². The lowest BCUT2D eigenvalue weighted by Crippen LogP contribution is -2.31. The molecule has 11 heteroatoms. The molecule has 0 spiro atoms. The van der Waals surface area contributed by atoms with Crippen molar-refractivity contribution in [3.63, 3.8) is 0 Å². The van der Waals surface area contributed by atoms with Crippen LogP contribution in [0.15, 0.2) is 58.3 Å². The molecule has 4 aromatic carbocycles. The first-order chi connectivity index (χ1) is 24.9. The highest BCUT2D eigenvalue weighted by Crippen LogP contribution is 2.56. The minimum absolute atomic E-state index is 0.0233. The van der Waals surface area contributed by atoms with E-state index in [0.29, 0.717) is 49.1 Å². The van der Waals surface area contributed by atoms with Crippen LogP contribution < -0.4 is 9.47 Å². The van der Waals surface area contributed by atoms with Crippen molar-refractivity contribution in [2.45, 2.75) is 67.0 Å². The van der Waals surface area contributed by atoms with E-state index in [1.54, 1.807) is 62.4 Å². The molecule has 0 amide bonds. The maximum Gasteiger partial charge on any atom is 0.194 e. The van der Waals surface area contributed by atoms with Crippen molar-refractivity contribution < 1.29 is 49.0 Å². The van der Waals surface area contributed by atoms with Crippen LogP contribution in [0.4, 0.5) is 0 Å². The molecule has 52 heavy (non-hydrogen) atoms. The van der Waals surface area contributed by atoms with Gasteiger partial charge >= 0.3 is 0 Å². The summed E-state index contributed by atoms with van der Waals surface area (Å²) in [7, 11) is 4.48. The van der Waals surface area contributed by atoms with Crippen LogP contribution in [0.25, 0.3) is 0 Å². The SMILES string of the molecule is COc1cccc2c1[C@H](O)c1c(Sc3cc4c(c5c3[C@H](OC)c3c(OC)cccc3[C@@H]5O)C(=O)C[C@@H](C)[C@@H]4O)cc3c(c1C2=O)C(=O)C[C@@H](C)[C@@H]3O. The molecule has 0 fully saturated rings. The number of carbonyl (C=O) groups excluding carboxylic acids is 3. The molecule has 0 bridgehead atoms. The van der Waals surface area contributed by atoms with E-state index in [0.717, 1.165) is 11.8 Å². The van der Waals surface area contributed by atoms with Gasteiger partial charge in [-0.1, -0.05) is 49.9 Å². The zero-order valence-corrected chi connectivity index (χ0v) is 30.0. The smallest absolute Gasteiger partial charge is 0.194 e. The van der Waals surface area contributed by atoms with Gasteiger partial charge in [0.2, 0.25) is 0 Å². The number of ketones is 3. The highest BCUT2D eigenvalue weighted by Gasteiger charge is 2.45. The number of hydrogen-bond acceptors (Lipinski definition) is 11. The number of fused-ring (bicyclic) bond motifs is 8. The second-order valence-corrected chi connectivity index (χ2v) is 15.2. The molecule has 0 radical (unpaired) electrons. The lowest BCUT2D eigenvalue weighted by atomic mass is 9.72. The Morgan fingerprint density at radius 3 is 1.79 bits per heavy atom. The molecule has 0 saturated carbocycles.